The standard InChI is InChI=1S/C5H9F2NO3/c6-5(7,2-10)4(8)3(11)1-9/h2-4,9,11H,1,8H2/t3-,4-/m1/s1. The molecule has 4 N–H and O–H groups in total. The Morgan fingerprint density at radius 3 is 2.36 bits per heavy atom. The number of halogens is 2. The first-order valence-corrected chi connectivity index (χ1v) is 2.84. The summed E-state index contributed by atoms with van der Waals surface area (Å²) < 4.78 is 24.4. The summed E-state index contributed by atoms with van der Waals surface area (Å²) in [4.78, 5) is 9.67. The Morgan fingerprint density at radius 2 is 2.09 bits per heavy atom. The molecule has 0 aliphatic rings. The SMILES string of the molecule is N[C@H]([C@H](O)CO)C(F)(F)C=O. The predicted molar refractivity (Wildman–Crippen MR) is 32.1 cm³/mol. The van der Waals surface area contributed by atoms with Gasteiger partial charge in [0.2, 0.25) is 0 Å². The Labute approximate surface area is 61.6 Å². The van der Waals surface area contributed by atoms with Gasteiger partial charge in [-0.05, 0) is 0 Å². The van der Waals surface area contributed by atoms with Crippen molar-refractivity contribution in [2.24, 2.45) is 5.73 Å². The van der Waals surface area contributed by atoms with Crippen LogP contribution in [0.3, 0.4) is 0 Å². The van der Waals surface area contributed by atoms with E-state index < -0.39 is 31.0 Å². The van der Waals surface area contributed by atoms with E-state index in [2.05, 4.69) is 0 Å². The summed E-state index contributed by atoms with van der Waals surface area (Å²) in [6.07, 6.45) is -2.44. The van der Waals surface area contributed by atoms with Crippen LogP contribution in [0.25, 0.3) is 0 Å². The number of nitrogens with two attached hydrogens (primary N) is 1. The normalized spacial score (nSPS) is 17.5. The lowest BCUT2D eigenvalue weighted by Crippen LogP contribution is -2.51. The molecule has 0 saturated carbocycles. The first kappa shape index (κ1) is 10.4. The molecule has 0 amide bonds. The quantitative estimate of drug-likeness (QED) is 0.447. The zero-order valence-electron chi connectivity index (χ0n) is 5.58. The zero-order valence-corrected chi connectivity index (χ0v) is 5.58. The van der Waals surface area contributed by atoms with E-state index in [0.717, 1.165) is 0 Å². The van der Waals surface area contributed by atoms with Crippen molar-refractivity contribution in [1.82, 2.24) is 0 Å². The van der Waals surface area contributed by atoms with Crippen LogP contribution in [-0.4, -0.2) is 41.2 Å². The molecule has 0 bridgehead atoms. The predicted octanol–water partition coefficient (Wildman–Crippen LogP) is -1.50. The summed E-state index contributed by atoms with van der Waals surface area (Å²) in [7, 11) is 0. The molecule has 66 valence electrons. The third kappa shape index (κ3) is 2.49. The van der Waals surface area contributed by atoms with E-state index in [0.29, 0.717) is 0 Å². The molecule has 0 unspecified atom stereocenters. The summed E-state index contributed by atoms with van der Waals surface area (Å²) in [5.41, 5.74) is 4.72. The van der Waals surface area contributed by atoms with E-state index in [1.165, 1.54) is 0 Å². The van der Waals surface area contributed by atoms with Crippen molar-refractivity contribution in [1.29, 1.82) is 0 Å². The third-order valence-electron chi connectivity index (χ3n) is 1.20. The van der Waals surface area contributed by atoms with Gasteiger partial charge in [0.15, 0.2) is 6.29 Å². The Kier molecular flexibility index (Phi) is 3.50. The number of carbonyl (C=O) groups excluding carboxylic acids is 1. The van der Waals surface area contributed by atoms with E-state index in [4.69, 9.17) is 15.9 Å². The molecular formula is C5H9F2NO3. The molecule has 0 aliphatic heterocycles. The summed E-state index contributed by atoms with van der Waals surface area (Å²) in [6.45, 7) is -0.898. The highest BCUT2D eigenvalue weighted by atomic mass is 19.3. The fraction of sp³-hybridized carbons (Fsp3) is 0.800. The largest absolute Gasteiger partial charge is 0.394 e. The van der Waals surface area contributed by atoms with Gasteiger partial charge in [-0.3, -0.25) is 4.79 Å². The molecule has 0 spiro atoms. The van der Waals surface area contributed by atoms with Gasteiger partial charge in [-0.2, -0.15) is 8.78 Å². The maximum atomic E-state index is 12.2. The minimum Gasteiger partial charge on any atom is -0.394 e. The van der Waals surface area contributed by atoms with Crippen molar-refractivity contribution in [3.8, 4) is 0 Å². The van der Waals surface area contributed by atoms with E-state index in [1.54, 1.807) is 0 Å². The van der Waals surface area contributed by atoms with Gasteiger partial charge in [-0.15, -0.1) is 0 Å². The molecule has 0 aromatic carbocycles. The van der Waals surface area contributed by atoms with Crippen molar-refractivity contribution in [2.75, 3.05) is 6.61 Å². The Bertz CT molecular complexity index is 142. The highest BCUT2D eigenvalue weighted by Crippen LogP contribution is 2.15. The van der Waals surface area contributed by atoms with Crippen molar-refractivity contribution in [3.63, 3.8) is 0 Å². The lowest BCUT2D eigenvalue weighted by molar-refractivity contribution is -0.137. The van der Waals surface area contributed by atoms with E-state index in [-0.39, 0.29) is 0 Å². The molecule has 0 aromatic rings. The highest BCUT2D eigenvalue weighted by Gasteiger charge is 2.40. The smallest absolute Gasteiger partial charge is 0.319 e. The highest BCUT2D eigenvalue weighted by molar-refractivity contribution is 5.61. The van der Waals surface area contributed by atoms with Crippen molar-refractivity contribution in [2.45, 2.75) is 18.1 Å². The lowest BCUT2D eigenvalue weighted by atomic mass is 10.1. The van der Waals surface area contributed by atoms with Gasteiger partial charge in [-0.1, -0.05) is 0 Å². The number of hydrogen-bond acceptors (Lipinski definition) is 4. The average Bonchev–Trinajstić information content (AvgIpc) is 2.01. The molecule has 0 aromatic heterocycles. The van der Waals surface area contributed by atoms with Crippen LogP contribution in [0.1, 0.15) is 0 Å². The minimum absolute atomic E-state index is 0.656. The van der Waals surface area contributed by atoms with Crippen LogP contribution >= 0.6 is 0 Å². The number of aliphatic hydroxyl groups excluding tert-OH is 2. The number of hydrogen-bond donors (Lipinski definition) is 3. The second-order valence-electron chi connectivity index (χ2n) is 2.07. The number of rotatable bonds is 4. The molecule has 0 radical (unpaired) electrons. The van der Waals surface area contributed by atoms with Crippen molar-refractivity contribution >= 4 is 6.29 Å². The van der Waals surface area contributed by atoms with Crippen LogP contribution in [0.5, 0.6) is 0 Å². The van der Waals surface area contributed by atoms with E-state index in [1.807, 2.05) is 0 Å². The zero-order chi connectivity index (χ0) is 9.07. The Hall–Kier alpha value is -0.590. The van der Waals surface area contributed by atoms with Crippen LogP contribution < -0.4 is 5.73 Å². The first-order chi connectivity index (χ1) is 4.95. The van der Waals surface area contributed by atoms with Gasteiger partial charge >= 0.3 is 5.92 Å². The fourth-order valence-electron chi connectivity index (χ4n) is 0.449. The molecule has 4 nitrogen and oxygen atoms in total. The fourth-order valence-corrected chi connectivity index (χ4v) is 0.449. The Morgan fingerprint density at radius 1 is 1.64 bits per heavy atom. The van der Waals surface area contributed by atoms with Crippen LogP contribution in [-0.2, 0) is 4.79 Å². The van der Waals surface area contributed by atoms with Crippen molar-refractivity contribution in [3.05, 3.63) is 0 Å². The van der Waals surface area contributed by atoms with Gasteiger partial charge in [0.1, 0.15) is 6.04 Å². The molecule has 6 heteroatoms. The van der Waals surface area contributed by atoms with Crippen LogP contribution in [0.15, 0.2) is 0 Å². The monoisotopic (exact) mass is 169 g/mol. The summed E-state index contributed by atoms with van der Waals surface area (Å²) in [6, 6.07) is -2.05. The molecule has 0 saturated heterocycles. The molecule has 0 aliphatic carbocycles. The lowest BCUT2D eigenvalue weighted by Gasteiger charge is -2.21. The first-order valence-electron chi connectivity index (χ1n) is 2.84. The number of aliphatic hydroxyl groups is 2. The maximum Gasteiger partial charge on any atom is 0.319 e. The molecule has 0 heterocycles. The van der Waals surface area contributed by atoms with Gasteiger partial charge in [0, 0.05) is 0 Å². The summed E-state index contributed by atoms with van der Waals surface area (Å²) in [5, 5.41) is 16.8. The van der Waals surface area contributed by atoms with Crippen LogP contribution in [0.2, 0.25) is 0 Å². The molecule has 2 atom stereocenters. The number of aldehydes is 1. The van der Waals surface area contributed by atoms with Gasteiger partial charge in [0.05, 0.1) is 12.7 Å². The molecular weight excluding hydrogens is 160 g/mol. The second-order valence-corrected chi connectivity index (χ2v) is 2.07. The number of alkyl halides is 2. The summed E-state index contributed by atoms with van der Waals surface area (Å²) >= 11 is 0. The van der Waals surface area contributed by atoms with Gasteiger partial charge in [-0.25, -0.2) is 0 Å². The Balaban J connectivity index is 4.21. The number of carbonyl (C=O) groups is 1. The van der Waals surface area contributed by atoms with Crippen molar-refractivity contribution < 1.29 is 23.8 Å². The molecule has 0 fully saturated rings. The topological polar surface area (TPSA) is 83.6 Å². The van der Waals surface area contributed by atoms with E-state index in [9.17, 15) is 13.6 Å². The van der Waals surface area contributed by atoms with Gasteiger partial charge < -0.3 is 15.9 Å². The third-order valence-corrected chi connectivity index (χ3v) is 1.20. The summed E-state index contributed by atoms with van der Waals surface area (Å²) in [5.74, 6) is -3.79. The molecule has 11 heavy (non-hydrogen) atoms. The van der Waals surface area contributed by atoms with Crippen LogP contribution in [0.4, 0.5) is 8.78 Å². The average molecular weight is 169 g/mol. The second kappa shape index (κ2) is 3.70. The van der Waals surface area contributed by atoms with E-state index >= 15 is 0 Å². The minimum atomic E-state index is -3.79. The van der Waals surface area contributed by atoms with Crippen LogP contribution in [0, 0.1) is 0 Å². The maximum absolute atomic E-state index is 12.2. The van der Waals surface area contributed by atoms with Gasteiger partial charge in [0.25, 0.3) is 0 Å². The molecule has 0 rings (SSSR count).